The number of rotatable bonds is 6. The maximum Gasteiger partial charge on any atom is 0.0954 e. The summed E-state index contributed by atoms with van der Waals surface area (Å²) in [5.74, 6) is 0. The van der Waals surface area contributed by atoms with Gasteiger partial charge in [-0.05, 0) is 12.8 Å². The highest BCUT2D eigenvalue weighted by Crippen LogP contribution is 2.30. The number of thiazole rings is 1. The van der Waals surface area contributed by atoms with E-state index in [4.69, 9.17) is 9.72 Å². The van der Waals surface area contributed by atoms with E-state index in [9.17, 15) is 0 Å². The van der Waals surface area contributed by atoms with Gasteiger partial charge in [0.2, 0.25) is 0 Å². The van der Waals surface area contributed by atoms with Crippen LogP contribution in [0.4, 0.5) is 0 Å². The van der Waals surface area contributed by atoms with Crippen molar-refractivity contribution in [3.63, 3.8) is 0 Å². The monoisotopic (exact) mass is 296 g/mol. The predicted molar refractivity (Wildman–Crippen MR) is 85.5 cm³/mol. The molecule has 0 radical (unpaired) electrons. The first kappa shape index (κ1) is 15.9. The van der Waals surface area contributed by atoms with Gasteiger partial charge in [0.1, 0.15) is 0 Å². The van der Waals surface area contributed by atoms with Gasteiger partial charge in [-0.15, -0.1) is 11.3 Å². The number of hydrogen-bond donors (Lipinski definition) is 1. The lowest BCUT2D eigenvalue weighted by molar-refractivity contribution is 0.202. The molecule has 0 amide bonds. The van der Waals surface area contributed by atoms with Crippen LogP contribution in [0.3, 0.4) is 0 Å². The fourth-order valence-corrected chi connectivity index (χ4v) is 3.98. The zero-order chi connectivity index (χ0) is 14.6. The molecule has 114 valence electrons. The van der Waals surface area contributed by atoms with Gasteiger partial charge < -0.3 is 10.1 Å². The lowest BCUT2D eigenvalue weighted by Gasteiger charge is -2.19. The average Bonchev–Trinajstić information content (AvgIpc) is 3.02. The van der Waals surface area contributed by atoms with Gasteiger partial charge >= 0.3 is 0 Å². The van der Waals surface area contributed by atoms with Crippen molar-refractivity contribution in [2.75, 3.05) is 13.7 Å². The van der Waals surface area contributed by atoms with Crippen LogP contribution in [0.15, 0.2) is 0 Å². The van der Waals surface area contributed by atoms with E-state index < -0.39 is 0 Å². The van der Waals surface area contributed by atoms with Crippen molar-refractivity contribution in [2.45, 2.75) is 70.9 Å². The third kappa shape index (κ3) is 4.27. The molecule has 0 aliphatic heterocycles. The molecular weight excluding hydrogens is 268 g/mol. The van der Waals surface area contributed by atoms with Crippen LogP contribution in [0.5, 0.6) is 0 Å². The molecule has 20 heavy (non-hydrogen) atoms. The number of nitrogens with one attached hydrogen (secondary N) is 1. The molecule has 1 aromatic heterocycles. The highest BCUT2D eigenvalue weighted by Gasteiger charge is 2.24. The standard InChI is InChI=1S/C16H28N2OS/c1-16(2,3)15-13(11-17-12-7-5-6-8-12)20-14(18-15)9-10-19-4/h12,17H,5-11H2,1-4H3. The van der Waals surface area contributed by atoms with E-state index in [1.807, 2.05) is 11.3 Å². The molecule has 1 aliphatic carbocycles. The van der Waals surface area contributed by atoms with E-state index in [-0.39, 0.29) is 5.41 Å². The van der Waals surface area contributed by atoms with Crippen molar-refractivity contribution >= 4 is 11.3 Å². The molecule has 1 saturated carbocycles. The van der Waals surface area contributed by atoms with Gasteiger partial charge in [0, 0.05) is 36.4 Å². The summed E-state index contributed by atoms with van der Waals surface area (Å²) in [5, 5.41) is 4.93. The van der Waals surface area contributed by atoms with Crippen LogP contribution in [0.25, 0.3) is 0 Å². The fraction of sp³-hybridized carbons (Fsp3) is 0.812. The van der Waals surface area contributed by atoms with Crippen molar-refractivity contribution in [1.82, 2.24) is 10.3 Å². The minimum atomic E-state index is 0.120. The number of methoxy groups -OCH3 is 1. The van der Waals surface area contributed by atoms with Crippen molar-refractivity contribution in [2.24, 2.45) is 0 Å². The molecule has 2 rings (SSSR count). The lowest BCUT2D eigenvalue weighted by atomic mass is 9.91. The minimum Gasteiger partial charge on any atom is -0.384 e. The molecule has 0 bridgehead atoms. The Morgan fingerprint density at radius 1 is 1.30 bits per heavy atom. The third-order valence-corrected chi connectivity index (χ3v) is 4.99. The second-order valence-corrected chi connectivity index (χ2v) is 7.90. The first-order chi connectivity index (χ1) is 9.50. The van der Waals surface area contributed by atoms with Crippen LogP contribution in [0.2, 0.25) is 0 Å². The predicted octanol–water partition coefficient (Wildman–Crippen LogP) is 3.66. The first-order valence-corrected chi connectivity index (χ1v) is 8.53. The van der Waals surface area contributed by atoms with Gasteiger partial charge in [-0.2, -0.15) is 0 Å². The molecule has 0 saturated heterocycles. The lowest BCUT2D eigenvalue weighted by Crippen LogP contribution is -2.26. The summed E-state index contributed by atoms with van der Waals surface area (Å²) in [5.41, 5.74) is 1.38. The molecule has 0 atom stereocenters. The Morgan fingerprint density at radius 3 is 2.60 bits per heavy atom. The Hall–Kier alpha value is -0.450. The average molecular weight is 296 g/mol. The van der Waals surface area contributed by atoms with Gasteiger partial charge in [0.15, 0.2) is 0 Å². The maximum absolute atomic E-state index is 5.17. The minimum absolute atomic E-state index is 0.120. The molecule has 0 aromatic carbocycles. The van der Waals surface area contributed by atoms with Crippen molar-refractivity contribution in [1.29, 1.82) is 0 Å². The maximum atomic E-state index is 5.17. The summed E-state index contributed by atoms with van der Waals surface area (Å²) < 4.78 is 5.17. The largest absolute Gasteiger partial charge is 0.384 e. The Labute approximate surface area is 127 Å². The normalized spacial score (nSPS) is 17.0. The summed E-state index contributed by atoms with van der Waals surface area (Å²) in [6.45, 7) is 8.48. The Kier molecular flexibility index (Phi) is 5.58. The van der Waals surface area contributed by atoms with Gasteiger partial charge in [0.05, 0.1) is 17.3 Å². The Bertz CT molecular complexity index is 417. The summed E-state index contributed by atoms with van der Waals surface area (Å²) in [6, 6.07) is 0.715. The zero-order valence-electron chi connectivity index (χ0n) is 13.3. The van der Waals surface area contributed by atoms with Crippen LogP contribution in [-0.4, -0.2) is 24.7 Å². The highest BCUT2D eigenvalue weighted by atomic mass is 32.1. The van der Waals surface area contributed by atoms with Crippen LogP contribution in [0, 0.1) is 0 Å². The molecule has 1 heterocycles. The molecule has 0 unspecified atom stereocenters. The molecule has 3 nitrogen and oxygen atoms in total. The third-order valence-electron chi connectivity index (χ3n) is 3.88. The molecular formula is C16H28N2OS. The highest BCUT2D eigenvalue weighted by molar-refractivity contribution is 7.11. The number of aromatic nitrogens is 1. The molecule has 1 aromatic rings. The summed E-state index contributed by atoms with van der Waals surface area (Å²) >= 11 is 1.86. The van der Waals surface area contributed by atoms with E-state index in [0.717, 1.165) is 19.6 Å². The van der Waals surface area contributed by atoms with E-state index in [1.165, 1.54) is 41.3 Å². The molecule has 1 aliphatic rings. The molecule has 4 heteroatoms. The van der Waals surface area contributed by atoms with Gasteiger partial charge in [-0.25, -0.2) is 4.98 Å². The fourth-order valence-electron chi connectivity index (χ4n) is 2.77. The SMILES string of the molecule is COCCc1nc(C(C)(C)C)c(CNC2CCCC2)s1. The molecule has 1 N–H and O–H groups in total. The van der Waals surface area contributed by atoms with E-state index in [2.05, 4.69) is 26.1 Å². The van der Waals surface area contributed by atoms with Gasteiger partial charge in [-0.1, -0.05) is 33.6 Å². The topological polar surface area (TPSA) is 34.1 Å². The van der Waals surface area contributed by atoms with Crippen molar-refractivity contribution < 1.29 is 4.74 Å². The molecule has 1 fully saturated rings. The Morgan fingerprint density at radius 2 is 2.00 bits per heavy atom. The quantitative estimate of drug-likeness (QED) is 0.870. The second kappa shape index (κ2) is 7.01. The number of hydrogen-bond acceptors (Lipinski definition) is 4. The van der Waals surface area contributed by atoms with E-state index >= 15 is 0 Å². The van der Waals surface area contributed by atoms with Crippen LogP contribution in [0.1, 0.15) is 62.0 Å². The smallest absolute Gasteiger partial charge is 0.0954 e. The number of nitrogens with zero attached hydrogens (tertiary/aromatic N) is 1. The van der Waals surface area contributed by atoms with E-state index in [1.54, 1.807) is 7.11 Å². The van der Waals surface area contributed by atoms with Gasteiger partial charge in [-0.3, -0.25) is 0 Å². The number of ether oxygens (including phenoxy) is 1. The van der Waals surface area contributed by atoms with E-state index in [0.29, 0.717) is 6.04 Å². The summed E-state index contributed by atoms with van der Waals surface area (Å²) in [4.78, 5) is 6.28. The van der Waals surface area contributed by atoms with Gasteiger partial charge in [0.25, 0.3) is 0 Å². The molecule has 0 spiro atoms. The van der Waals surface area contributed by atoms with Crippen molar-refractivity contribution in [3.8, 4) is 0 Å². The van der Waals surface area contributed by atoms with Crippen LogP contribution < -0.4 is 5.32 Å². The van der Waals surface area contributed by atoms with Crippen molar-refractivity contribution in [3.05, 3.63) is 15.6 Å². The van der Waals surface area contributed by atoms with Crippen LogP contribution >= 0.6 is 11.3 Å². The second-order valence-electron chi connectivity index (χ2n) is 6.73. The Balaban J connectivity index is 2.05. The summed E-state index contributed by atoms with van der Waals surface area (Å²) in [6.07, 6.45) is 6.35. The van der Waals surface area contributed by atoms with Crippen LogP contribution in [-0.2, 0) is 23.1 Å². The first-order valence-electron chi connectivity index (χ1n) is 7.72. The zero-order valence-corrected chi connectivity index (χ0v) is 14.1. The summed E-state index contributed by atoms with van der Waals surface area (Å²) in [7, 11) is 1.75.